The van der Waals surface area contributed by atoms with Crippen LogP contribution in [0.1, 0.15) is 21.7 Å². The fraction of sp³-hybridized carbons (Fsp3) is 0.0476. The molecule has 0 radical (unpaired) electrons. The van der Waals surface area contributed by atoms with Crippen LogP contribution in [0.25, 0.3) is 16.9 Å². The topological polar surface area (TPSA) is 109 Å². The maximum Gasteiger partial charge on any atom is 0.433 e. The summed E-state index contributed by atoms with van der Waals surface area (Å²) in [5, 5.41) is 15.3. The first kappa shape index (κ1) is 20.7. The lowest BCUT2D eigenvalue weighted by Crippen LogP contribution is -2.15. The fourth-order valence-corrected chi connectivity index (χ4v) is 2.80. The molecular weight excluding hydrogens is 423 g/mol. The summed E-state index contributed by atoms with van der Waals surface area (Å²) in [6.07, 6.45) is 0.685. The zero-order chi connectivity index (χ0) is 22.7. The van der Waals surface area contributed by atoms with Crippen molar-refractivity contribution in [2.24, 2.45) is 0 Å². The minimum absolute atomic E-state index is 0.0607. The van der Waals surface area contributed by atoms with Gasteiger partial charge in [0, 0.05) is 24.2 Å². The summed E-state index contributed by atoms with van der Waals surface area (Å²) in [5.74, 6) is -0.410. The van der Waals surface area contributed by atoms with E-state index in [4.69, 9.17) is 5.26 Å². The van der Waals surface area contributed by atoms with Gasteiger partial charge >= 0.3 is 6.18 Å². The third-order valence-electron chi connectivity index (χ3n) is 4.33. The van der Waals surface area contributed by atoms with E-state index in [-0.39, 0.29) is 28.5 Å². The molecule has 11 heteroatoms. The average molecular weight is 435 g/mol. The van der Waals surface area contributed by atoms with E-state index >= 15 is 0 Å². The van der Waals surface area contributed by atoms with Crippen LogP contribution in [0.5, 0.6) is 0 Å². The first-order valence-electron chi connectivity index (χ1n) is 9.07. The van der Waals surface area contributed by atoms with Gasteiger partial charge in [-0.3, -0.25) is 9.78 Å². The molecule has 0 saturated heterocycles. The Bertz CT molecular complexity index is 1290. The summed E-state index contributed by atoms with van der Waals surface area (Å²) >= 11 is 0. The molecule has 0 saturated carbocycles. The number of amides is 1. The van der Waals surface area contributed by atoms with E-state index in [1.165, 1.54) is 49.1 Å². The van der Waals surface area contributed by atoms with E-state index in [1.807, 2.05) is 6.07 Å². The summed E-state index contributed by atoms with van der Waals surface area (Å²) in [6, 6.07) is 11.5. The highest BCUT2D eigenvalue weighted by Crippen LogP contribution is 2.33. The highest BCUT2D eigenvalue weighted by molar-refractivity contribution is 6.03. The van der Waals surface area contributed by atoms with Crippen molar-refractivity contribution >= 4 is 11.7 Å². The fourth-order valence-electron chi connectivity index (χ4n) is 2.80. The molecule has 8 nitrogen and oxygen atoms in total. The molecule has 0 unspecified atom stereocenters. The second-order valence-electron chi connectivity index (χ2n) is 6.47. The van der Waals surface area contributed by atoms with Gasteiger partial charge in [-0.25, -0.2) is 14.6 Å². The summed E-state index contributed by atoms with van der Waals surface area (Å²) in [6.45, 7) is 0. The normalized spacial score (nSPS) is 11.1. The number of rotatable bonds is 4. The maximum atomic E-state index is 13.6. The molecule has 4 aromatic rings. The monoisotopic (exact) mass is 435 g/mol. The van der Waals surface area contributed by atoms with Crippen molar-refractivity contribution in [3.8, 4) is 23.0 Å². The van der Waals surface area contributed by atoms with Crippen LogP contribution in [-0.2, 0) is 6.18 Å². The van der Waals surface area contributed by atoms with Gasteiger partial charge in [-0.15, -0.1) is 0 Å². The van der Waals surface area contributed by atoms with Gasteiger partial charge in [-0.1, -0.05) is 0 Å². The standard InChI is InChI=1S/C21H12F3N7O/c22-21(23,24)18-8-17(13-2-1-7-26-10-13)30-31(18)16-5-6-19(28-12-16)29-20(32)14-3-4-15(9-25)27-11-14/h1-8,10-12H,(H,28,29,32). The van der Waals surface area contributed by atoms with Crippen LogP contribution in [0, 0.1) is 11.3 Å². The van der Waals surface area contributed by atoms with Crippen LogP contribution >= 0.6 is 0 Å². The number of aromatic nitrogens is 5. The van der Waals surface area contributed by atoms with Gasteiger partial charge in [-0.05, 0) is 42.5 Å². The Kier molecular flexibility index (Phi) is 5.34. The van der Waals surface area contributed by atoms with E-state index in [9.17, 15) is 18.0 Å². The van der Waals surface area contributed by atoms with Gasteiger partial charge in [0.25, 0.3) is 5.91 Å². The summed E-state index contributed by atoms with van der Waals surface area (Å²) in [7, 11) is 0. The molecule has 0 atom stereocenters. The van der Waals surface area contributed by atoms with Crippen LogP contribution in [0.3, 0.4) is 0 Å². The molecule has 0 bridgehead atoms. The molecule has 0 aromatic carbocycles. The molecular formula is C21H12F3N7O. The molecule has 4 aromatic heterocycles. The Labute approximate surface area is 179 Å². The Morgan fingerprint density at radius 1 is 1.06 bits per heavy atom. The highest BCUT2D eigenvalue weighted by atomic mass is 19.4. The maximum absolute atomic E-state index is 13.6. The second-order valence-corrected chi connectivity index (χ2v) is 6.47. The first-order valence-corrected chi connectivity index (χ1v) is 9.07. The van der Waals surface area contributed by atoms with Crippen molar-refractivity contribution in [3.63, 3.8) is 0 Å². The average Bonchev–Trinajstić information content (AvgIpc) is 3.26. The van der Waals surface area contributed by atoms with Crippen molar-refractivity contribution < 1.29 is 18.0 Å². The Morgan fingerprint density at radius 2 is 1.91 bits per heavy atom. The zero-order valence-corrected chi connectivity index (χ0v) is 16.1. The second kappa shape index (κ2) is 8.27. The number of carbonyl (C=O) groups excluding carboxylic acids is 1. The van der Waals surface area contributed by atoms with E-state index in [2.05, 4.69) is 25.4 Å². The molecule has 0 aliphatic carbocycles. The SMILES string of the molecule is N#Cc1ccc(C(=O)Nc2ccc(-n3nc(-c4cccnc4)cc3C(F)(F)F)cn2)cn1. The van der Waals surface area contributed by atoms with Crippen molar-refractivity contribution in [1.82, 2.24) is 24.7 Å². The van der Waals surface area contributed by atoms with E-state index in [1.54, 1.807) is 12.1 Å². The third kappa shape index (κ3) is 4.29. The number of halogens is 3. The van der Waals surface area contributed by atoms with Crippen molar-refractivity contribution in [2.75, 3.05) is 5.32 Å². The van der Waals surface area contributed by atoms with E-state index < -0.39 is 17.8 Å². The number of nitrogens with one attached hydrogen (secondary N) is 1. The smallest absolute Gasteiger partial charge is 0.307 e. The number of nitrogens with zero attached hydrogens (tertiary/aromatic N) is 6. The van der Waals surface area contributed by atoms with Gasteiger partial charge in [0.1, 0.15) is 23.3 Å². The van der Waals surface area contributed by atoms with E-state index in [0.29, 0.717) is 5.56 Å². The van der Waals surface area contributed by atoms with Gasteiger partial charge < -0.3 is 5.32 Å². The van der Waals surface area contributed by atoms with Crippen molar-refractivity contribution in [2.45, 2.75) is 6.18 Å². The molecule has 0 fully saturated rings. The van der Waals surface area contributed by atoms with E-state index in [0.717, 1.165) is 10.7 Å². The largest absolute Gasteiger partial charge is 0.433 e. The summed E-state index contributed by atoms with van der Waals surface area (Å²) < 4.78 is 41.5. The van der Waals surface area contributed by atoms with Crippen LogP contribution in [0.15, 0.2) is 67.3 Å². The molecule has 158 valence electrons. The molecule has 0 aliphatic rings. The predicted molar refractivity (Wildman–Crippen MR) is 106 cm³/mol. The molecule has 0 aliphatic heterocycles. The van der Waals surface area contributed by atoms with Crippen molar-refractivity contribution in [3.05, 3.63) is 84.2 Å². The Hall–Kier alpha value is -4.59. The number of anilines is 1. The number of nitriles is 1. The Balaban J connectivity index is 1.60. The van der Waals surface area contributed by atoms with Crippen LogP contribution in [0.2, 0.25) is 0 Å². The number of hydrogen-bond acceptors (Lipinski definition) is 6. The predicted octanol–water partition coefficient (Wildman–Crippen LogP) is 3.87. The minimum atomic E-state index is -4.65. The lowest BCUT2D eigenvalue weighted by atomic mass is 10.2. The summed E-state index contributed by atoms with van der Waals surface area (Å²) in [5.41, 5.74) is -0.0124. The van der Waals surface area contributed by atoms with Gasteiger partial charge in [0.05, 0.1) is 23.1 Å². The van der Waals surface area contributed by atoms with Crippen LogP contribution in [-0.4, -0.2) is 30.6 Å². The number of hydrogen-bond donors (Lipinski definition) is 1. The van der Waals surface area contributed by atoms with Gasteiger partial charge in [0.15, 0.2) is 0 Å². The van der Waals surface area contributed by atoms with Gasteiger partial charge in [-0.2, -0.15) is 23.5 Å². The molecule has 0 spiro atoms. The first-order chi connectivity index (χ1) is 15.3. The molecule has 1 amide bonds. The molecule has 32 heavy (non-hydrogen) atoms. The van der Waals surface area contributed by atoms with Crippen molar-refractivity contribution in [1.29, 1.82) is 5.26 Å². The van der Waals surface area contributed by atoms with Crippen LogP contribution < -0.4 is 5.32 Å². The molecule has 4 heterocycles. The lowest BCUT2D eigenvalue weighted by molar-refractivity contribution is -0.142. The number of alkyl halides is 3. The number of pyridine rings is 3. The number of carbonyl (C=O) groups is 1. The molecule has 1 N–H and O–H groups in total. The third-order valence-corrected chi connectivity index (χ3v) is 4.33. The lowest BCUT2D eigenvalue weighted by Gasteiger charge is -2.10. The zero-order valence-electron chi connectivity index (χ0n) is 16.1. The highest BCUT2D eigenvalue weighted by Gasteiger charge is 2.36. The summed E-state index contributed by atoms with van der Waals surface area (Å²) in [4.78, 5) is 24.0. The quantitative estimate of drug-likeness (QED) is 0.521. The molecule has 4 rings (SSSR count). The van der Waals surface area contributed by atoms with Gasteiger partial charge in [0.2, 0.25) is 0 Å². The van der Waals surface area contributed by atoms with Crippen LogP contribution in [0.4, 0.5) is 19.0 Å². The minimum Gasteiger partial charge on any atom is -0.307 e. The Morgan fingerprint density at radius 3 is 2.50 bits per heavy atom.